The molecule has 0 aliphatic rings. The van der Waals surface area contributed by atoms with Gasteiger partial charge in [-0.3, -0.25) is 0 Å². The zero-order chi connectivity index (χ0) is 11.7. The standard InChI is InChI=1S/C11H19NO3/c1-4-5-14-10(7-12)6-11(13)15-8-9(2)3/h6H,2,4-5,7-8,12H2,1,3H3/b10-6+. The monoisotopic (exact) mass is 213 g/mol. The molecule has 0 saturated carbocycles. The second-order valence-corrected chi connectivity index (χ2v) is 3.23. The van der Waals surface area contributed by atoms with Crippen molar-refractivity contribution < 1.29 is 14.3 Å². The molecule has 0 bridgehead atoms. The second-order valence-electron chi connectivity index (χ2n) is 3.23. The van der Waals surface area contributed by atoms with Crippen molar-refractivity contribution in [2.24, 2.45) is 5.73 Å². The molecule has 0 aromatic carbocycles. The maximum absolute atomic E-state index is 11.2. The molecule has 0 saturated heterocycles. The van der Waals surface area contributed by atoms with Gasteiger partial charge in [0.25, 0.3) is 0 Å². The third-order valence-electron chi connectivity index (χ3n) is 1.43. The fourth-order valence-electron chi connectivity index (χ4n) is 0.760. The van der Waals surface area contributed by atoms with Gasteiger partial charge in [0, 0.05) is 0 Å². The molecule has 86 valence electrons. The molecule has 4 heteroatoms. The van der Waals surface area contributed by atoms with Crippen molar-refractivity contribution in [3.8, 4) is 0 Å². The van der Waals surface area contributed by atoms with Gasteiger partial charge in [-0.25, -0.2) is 4.79 Å². The van der Waals surface area contributed by atoms with Crippen LogP contribution in [0.3, 0.4) is 0 Å². The van der Waals surface area contributed by atoms with Crippen molar-refractivity contribution >= 4 is 5.97 Å². The van der Waals surface area contributed by atoms with Crippen molar-refractivity contribution in [1.82, 2.24) is 0 Å². The summed E-state index contributed by atoms with van der Waals surface area (Å²) in [4.78, 5) is 11.2. The summed E-state index contributed by atoms with van der Waals surface area (Å²) in [5.41, 5.74) is 6.19. The Morgan fingerprint density at radius 1 is 1.47 bits per heavy atom. The first kappa shape index (κ1) is 13.7. The molecule has 15 heavy (non-hydrogen) atoms. The molecule has 0 heterocycles. The molecule has 0 aromatic heterocycles. The van der Waals surface area contributed by atoms with Gasteiger partial charge >= 0.3 is 5.97 Å². The Morgan fingerprint density at radius 2 is 2.13 bits per heavy atom. The van der Waals surface area contributed by atoms with Crippen LogP contribution in [-0.4, -0.2) is 25.7 Å². The Labute approximate surface area is 90.7 Å². The predicted octanol–water partition coefficient (Wildman–Crippen LogP) is 1.37. The fraction of sp³-hybridized carbons (Fsp3) is 0.545. The topological polar surface area (TPSA) is 61.5 Å². The number of carbonyl (C=O) groups excluding carboxylic acids is 1. The third-order valence-corrected chi connectivity index (χ3v) is 1.43. The zero-order valence-electron chi connectivity index (χ0n) is 9.41. The summed E-state index contributed by atoms with van der Waals surface area (Å²) in [6.07, 6.45) is 2.15. The van der Waals surface area contributed by atoms with Crippen LogP contribution in [0.4, 0.5) is 0 Å². The maximum Gasteiger partial charge on any atom is 0.334 e. The van der Waals surface area contributed by atoms with Crippen LogP contribution >= 0.6 is 0 Å². The number of nitrogens with two attached hydrogens (primary N) is 1. The molecule has 0 rings (SSSR count). The molecule has 2 N–H and O–H groups in total. The van der Waals surface area contributed by atoms with E-state index in [0.717, 1.165) is 12.0 Å². The molecule has 0 unspecified atom stereocenters. The van der Waals surface area contributed by atoms with Crippen LogP contribution in [0, 0.1) is 0 Å². The van der Waals surface area contributed by atoms with Crippen molar-refractivity contribution in [3.63, 3.8) is 0 Å². The van der Waals surface area contributed by atoms with Gasteiger partial charge in [-0.2, -0.15) is 0 Å². The van der Waals surface area contributed by atoms with Crippen LogP contribution < -0.4 is 5.73 Å². The zero-order valence-corrected chi connectivity index (χ0v) is 9.41. The van der Waals surface area contributed by atoms with Crippen LogP contribution in [0.25, 0.3) is 0 Å². The molecule has 0 spiro atoms. The summed E-state index contributed by atoms with van der Waals surface area (Å²) in [7, 11) is 0. The van der Waals surface area contributed by atoms with Crippen molar-refractivity contribution in [2.45, 2.75) is 20.3 Å². The number of rotatable bonds is 7. The largest absolute Gasteiger partial charge is 0.496 e. The first-order valence-corrected chi connectivity index (χ1v) is 4.94. The van der Waals surface area contributed by atoms with Crippen molar-refractivity contribution in [2.75, 3.05) is 19.8 Å². The van der Waals surface area contributed by atoms with E-state index in [1.807, 2.05) is 6.92 Å². The summed E-state index contributed by atoms with van der Waals surface area (Å²) < 4.78 is 10.1. The van der Waals surface area contributed by atoms with Gasteiger partial charge in [-0.1, -0.05) is 13.5 Å². The molecule has 0 radical (unpaired) electrons. The highest BCUT2D eigenvalue weighted by atomic mass is 16.5. The number of ether oxygens (including phenoxy) is 2. The number of carbonyl (C=O) groups is 1. The number of hydrogen-bond donors (Lipinski definition) is 1. The van der Waals surface area contributed by atoms with E-state index in [0.29, 0.717) is 12.4 Å². The van der Waals surface area contributed by atoms with Gasteiger partial charge in [0.05, 0.1) is 19.2 Å². The lowest BCUT2D eigenvalue weighted by atomic mass is 10.4. The Hall–Kier alpha value is -1.29. The van der Waals surface area contributed by atoms with Crippen molar-refractivity contribution in [3.05, 3.63) is 24.0 Å². The van der Waals surface area contributed by atoms with Gasteiger partial charge < -0.3 is 15.2 Å². The number of hydrogen-bond acceptors (Lipinski definition) is 4. The highest BCUT2D eigenvalue weighted by Gasteiger charge is 2.02. The van der Waals surface area contributed by atoms with Crippen molar-refractivity contribution in [1.29, 1.82) is 0 Å². The average Bonchev–Trinajstić information content (AvgIpc) is 2.21. The summed E-state index contributed by atoms with van der Waals surface area (Å²) in [6, 6.07) is 0. The molecule has 0 aliphatic heterocycles. The summed E-state index contributed by atoms with van der Waals surface area (Å²) in [5.74, 6) is -0.00174. The van der Waals surface area contributed by atoms with E-state index in [1.54, 1.807) is 6.92 Å². The minimum atomic E-state index is -0.449. The Kier molecular flexibility index (Phi) is 7.36. The Morgan fingerprint density at radius 3 is 2.60 bits per heavy atom. The van der Waals surface area contributed by atoms with E-state index in [2.05, 4.69) is 6.58 Å². The minimum Gasteiger partial charge on any atom is -0.496 e. The quantitative estimate of drug-likeness (QED) is 0.300. The van der Waals surface area contributed by atoms with Gasteiger partial charge in [0.15, 0.2) is 0 Å². The van der Waals surface area contributed by atoms with E-state index in [4.69, 9.17) is 15.2 Å². The predicted molar refractivity (Wildman–Crippen MR) is 59.2 cm³/mol. The lowest BCUT2D eigenvalue weighted by Gasteiger charge is -2.07. The summed E-state index contributed by atoms with van der Waals surface area (Å²) in [6.45, 7) is 8.36. The lowest BCUT2D eigenvalue weighted by molar-refractivity contribution is -0.137. The molecule has 0 aliphatic carbocycles. The SMILES string of the molecule is C=C(C)COC(=O)/C=C(\CN)OCCC. The molecular formula is C11H19NO3. The molecular weight excluding hydrogens is 194 g/mol. The molecule has 0 aromatic rings. The fourth-order valence-corrected chi connectivity index (χ4v) is 0.760. The Bertz CT molecular complexity index is 246. The average molecular weight is 213 g/mol. The summed E-state index contributed by atoms with van der Waals surface area (Å²) >= 11 is 0. The molecule has 0 atom stereocenters. The lowest BCUT2D eigenvalue weighted by Crippen LogP contribution is -2.11. The summed E-state index contributed by atoms with van der Waals surface area (Å²) in [5, 5.41) is 0. The normalized spacial score (nSPS) is 11.0. The van der Waals surface area contributed by atoms with E-state index in [1.165, 1.54) is 6.08 Å². The Balaban J connectivity index is 4.04. The van der Waals surface area contributed by atoms with E-state index < -0.39 is 5.97 Å². The second kappa shape index (κ2) is 8.05. The van der Waals surface area contributed by atoms with E-state index in [-0.39, 0.29) is 13.2 Å². The van der Waals surface area contributed by atoms with E-state index in [9.17, 15) is 4.79 Å². The first-order valence-electron chi connectivity index (χ1n) is 4.94. The van der Waals surface area contributed by atoms with Gasteiger partial charge in [-0.15, -0.1) is 0 Å². The van der Waals surface area contributed by atoms with Gasteiger partial charge in [0.1, 0.15) is 12.4 Å². The van der Waals surface area contributed by atoms with Crippen LogP contribution in [0.1, 0.15) is 20.3 Å². The first-order chi connectivity index (χ1) is 7.10. The maximum atomic E-state index is 11.2. The van der Waals surface area contributed by atoms with Crippen LogP contribution in [0.5, 0.6) is 0 Å². The molecule has 0 fully saturated rings. The van der Waals surface area contributed by atoms with Crippen LogP contribution in [0.15, 0.2) is 24.0 Å². The molecule has 4 nitrogen and oxygen atoms in total. The minimum absolute atomic E-state index is 0.197. The highest BCUT2D eigenvalue weighted by molar-refractivity contribution is 5.82. The van der Waals surface area contributed by atoms with Crippen LogP contribution in [0.2, 0.25) is 0 Å². The van der Waals surface area contributed by atoms with E-state index >= 15 is 0 Å². The van der Waals surface area contributed by atoms with Gasteiger partial charge in [0.2, 0.25) is 0 Å². The highest BCUT2D eigenvalue weighted by Crippen LogP contribution is 1.98. The van der Waals surface area contributed by atoms with Gasteiger partial charge in [-0.05, 0) is 18.9 Å². The number of esters is 1. The third kappa shape index (κ3) is 7.76. The molecule has 0 amide bonds. The van der Waals surface area contributed by atoms with Crippen LogP contribution in [-0.2, 0) is 14.3 Å². The smallest absolute Gasteiger partial charge is 0.334 e.